The first-order valence-electron chi connectivity index (χ1n) is 6.15. The van der Waals surface area contributed by atoms with E-state index >= 15 is 0 Å². The number of hydrogen-bond acceptors (Lipinski definition) is 3. The van der Waals surface area contributed by atoms with Crippen molar-refractivity contribution in [3.8, 4) is 0 Å². The molecule has 0 spiro atoms. The number of hydrogen-bond donors (Lipinski definition) is 0. The van der Waals surface area contributed by atoms with E-state index in [1.165, 1.54) is 0 Å². The fourth-order valence-electron chi connectivity index (χ4n) is 2.07. The molecule has 0 N–H and O–H groups in total. The zero-order valence-electron chi connectivity index (χ0n) is 10.2. The van der Waals surface area contributed by atoms with Crippen LogP contribution in [0.5, 0.6) is 0 Å². The van der Waals surface area contributed by atoms with E-state index < -0.39 is 0 Å². The molecule has 0 aromatic rings. The summed E-state index contributed by atoms with van der Waals surface area (Å²) in [6.45, 7) is 6.48. The van der Waals surface area contributed by atoms with E-state index in [-0.39, 0.29) is 5.91 Å². The Balaban J connectivity index is 2.19. The van der Waals surface area contributed by atoms with Crippen LogP contribution in [0.4, 0.5) is 0 Å². The van der Waals surface area contributed by atoms with Crippen LogP contribution in [-0.2, 0) is 9.59 Å². The second-order valence-corrected chi connectivity index (χ2v) is 4.36. The van der Waals surface area contributed by atoms with Gasteiger partial charge in [-0.15, -0.1) is 0 Å². The minimum absolute atomic E-state index is 0.183. The molecule has 4 nitrogen and oxygen atoms in total. The predicted molar refractivity (Wildman–Crippen MR) is 63.2 cm³/mol. The number of amides is 1. The van der Waals surface area contributed by atoms with Gasteiger partial charge in [-0.3, -0.25) is 4.79 Å². The molecule has 0 aliphatic carbocycles. The molecule has 1 aliphatic rings. The molecule has 0 aromatic heterocycles. The molecule has 1 aliphatic heterocycles. The zero-order chi connectivity index (χ0) is 11.8. The topological polar surface area (TPSA) is 40.6 Å². The largest absolute Gasteiger partial charge is 0.342 e. The number of aldehydes is 1. The van der Waals surface area contributed by atoms with Crippen LogP contribution in [0, 0.1) is 0 Å². The van der Waals surface area contributed by atoms with Crippen molar-refractivity contribution in [3.63, 3.8) is 0 Å². The molecule has 92 valence electrons. The van der Waals surface area contributed by atoms with Gasteiger partial charge in [-0.1, -0.05) is 0 Å². The van der Waals surface area contributed by atoms with Crippen LogP contribution in [0.1, 0.15) is 32.6 Å². The number of rotatable bonds is 5. The summed E-state index contributed by atoms with van der Waals surface area (Å²) in [5.74, 6) is 0.183. The number of carbonyl (C=O) groups excluding carboxylic acids is 2. The fourth-order valence-corrected chi connectivity index (χ4v) is 2.07. The lowest BCUT2D eigenvalue weighted by atomic mass is 10.2. The van der Waals surface area contributed by atoms with Gasteiger partial charge < -0.3 is 14.6 Å². The maximum atomic E-state index is 11.2. The van der Waals surface area contributed by atoms with Crippen LogP contribution in [0.15, 0.2) is 0 Å². The standard InChI is InChI=1S/C12H22N2O2/c1-12(16)14-8-5-7-13(9-10-14)6-3-2-4-11-15/h11H,2-10H2,1H3. The highest BCUT2D eigenvalue weighted by atomic mass is 16.2. The SMILES string of the molecule is CC(=O)N1CCCN(CCCCC=O)CC1. The van der Waals surface area contributed by atoms with Crippen LogP contribution < -0.4 is 0 Å². The first kappa shape index (κ1) is 13.2. The van der Waals surface area contributed by atoms with Crippen molar-refractivity contribution < 1.29 is 9.59 Å². The molecule has 16 heavy (non-hydrogen) atoms. The van der Waals surface area contributed by atoms with E-state index in [1.54, 1.807) is 6.92 Å². The van der Waals surface area contributed by atoms with Crippen molar-refractivity contribution >= 4 is 12.2 Å². The van der Waals surface area contributed by atoms with Gasteiger partial charge in [0.05, 0.1) is 0 Å². The minimum Gasteiger partial charge on any atom is -0.342 e. The van der Waals surface area contributed by atoms with Crippen molar-refractivity contribution in [2.75, 3.05) is 32.7 Å². The Morgan fingerprint density at radius 3 is 2.69 bits per heavy atom. The molecule has 1 amide bonds. The van der Waals surface area contributed by atoms with Gasteiger partial charge in [-0.05, 0) is 32.4 Å². The molecule has 1 fully saturated rings. The Bertz CT molecular complexity index is 231. The Morgan fingerprint density at radius 1 is 1.19 bits per heavy atom. The maximum absolute atomic E-state index is 11.2. The van der Waals surface area contributed by atoms with Crippen molar-refractivity contribution in [1.82, 2.24) is 9.80 Å². The molecule has 1 heterocycles. The minimum atomic E-state index is 0.183. The van der Waals surface area contributed by atoms with Crippen molar-refractivity contribution in [2.45, 2.75) is 32.6 Å². The Morgan fingerprint density at radius 2 is 2.00 bits per heavy atom. The normalized spacial score (nSPS) is 18.2. The first-order chi connectivity index (χ1) is 7.74. The monoisotopic (exact) mass is 226 g/mol. The molecule has 4 heteroatoms. The third-order valence-corrected chi connectivity index (χ3v) is 3.08. The summed E-state index contributed by atoms with van der Waals surface area (Å²) in [6.07, 6.45) is 4.79. The van der Waals surface area contributed by atoms with Crippen molar-refractivity contribution in [2.24, 2.45) is 0 Å². The molecule has 0 saturated carbocycles. The average Bonchev–Trinajstić information content (AvgIpc) is 2.50. The molecule has 0 bridgehead atoms. The third-order valence-electron chi connectivity index (χ3n) is 3.08. The van der Waals surface area contributed by atoms with E-state index in [0.717, 1.165) is 58.3 Å². The second kappa shape index (κ2) is 7.39. The Hall–Kier alpha value is -0.900. The summed E-state index contributed by atoms with van der Waals surface area (Å²) in [5, 5.41) is 0. The Labute approximate surface area is 97.6 Å². The number of unbranched alkanes of at least 4 members (excludes halogenated alkanes) is 2. The van der Waals surface area contributed by atoms with Gasteiger partial charge in [0.15, 0.2) is 0 Å². The van der Waals surface area contributed by atoms with Crippen molar-refractivity contribution in [1.29, 1.82) is 0 Å². The summed E-state index contributed by atoms with van der Waals surface area (Å²) >= 11 is 0. The predicted octanol–water partition coefficient (Wildman–Crippen LogP) is 0.910. The molecule has 1 saturated heterocycles. The lowest BCUT2D eigenvalue weighted by Crippen LogP contribution is -2.33. The van der Waals surface area contributed by atoms with Gasteiger partial charge in [0, 0.05) is 33.0 Å². The summed E-state index contributed by atoms with van der Waals surface area (Å²) in [6, 6.07) is 0. The summed E-state index contributed by atoms with van der Waals surface area (Å²) in [4.78, 5) is 25.7. The summed E-state index contributed by atoms with van der Waals surface area (Å²) < 4.78 is 0. The molecular weight excluding hydrogens is 204 g/mol. The van der Waals surface area contributed by atoms with E-state index in [4.69, 9.17) is 0 Å². The van der Waals surface area contributed by atoms with Crippen LogP contribution >= 0.6 is 0 Å². The highest BCUT2D eigenvalue weighted by Gasteiger charge is 2.15. The highest BCUT2D eigenvalue weighted by Crippen LogP contribution is 2.05. The summed E-state index contributed by atoms with van der Waals surface area (Å²) in [7, 11) is 0. The van der Waals surface area contributed by atoms with Gasteiger partial charge in [-0.25, -0.2) is 0 Å². The van der Waals surface area contributed by atoms with Crippen LogP contribution in [-0.4, -0.2) is 54.7 Å². The van der Waals surface area contributed by atoms with Crippen molar-refractivity contribution in [3.05, 3.63) is 0 Å². The van der Waals surface area contributed by atoms with Crippen LogP contribution in [0.3, 0.4) is 0 Å². The highest BCUT2D eigenvalue weighted by molar-refractivity contribution is 5.73. The Kier molecular flexibility index (Phi) is 6.08. The van der Waals surface area contributed by atoms with Gasteiger partial charge in [-0.2, -0.15) is 0 Å². The maximum Gasteiger partial charge on any atom is 0.219 e. The zero-order valence-corrected chi connectivity index (χ0v) is 10.2. The van der Waals surface area contributed by atoms with Gasteiger partial charge >= 0.3 is 0 Å². The fraction of sp³-hybridized carbons (Fsp3) is 0.833. The molecule has 0 aromatic carbocycles. The van der Waals surface area contributed by atoms with Gasteiger partial charge in [0.1, 0.15) is 6.29 Å². The van der Waals surface area contributed by atoms with Gasteiger partial charge in [0.2, 0.25) is 5.91 Å². The molecule has 0 unspecified atom stereocenters. The summed E-state index contributed by atoms with van der Waals surface area (Å²) in [5.41, 5.74) is 0. The lowest BCUT2D eigenvalue weighted by Gasteiger charge is -2.20. The average molecular weight is 226 g/mol. The van der Waals surface area contributed by atoms with Crippen LogP contribution in [0.2, 0.25) is 0 Å². The first-order valence-corrected chi connectivity index (χ1v) is 6.15. The molecule has 0 atom stereocenters. The number of carbonyl (C=O) groups is 2. The number of nitrogens with zero attached hydrogens (tertiary/aromatic N) is 2. The second-order valence-electron chi connectivity index (χ2n) is 4.36. The quantitative estimate of drug-likeness (QED) is 0.517. The van der Waals surface area contributed by atoms with Crippen LogP contribution in [0.25, 0.3) is 0 Å². The van der Waals surface area contributed by atoms with E-state index in [9.17, 15) is 9.59 Å². The van der Waals surface area contributed by atoms with E-state index in [1.807, 2.05) is 4.90 Å². The smallest absolute Gasteiger partial charge is 0.219 e. The van der Waals surface area contributed by atoms with E-state index in [0.29, 0.717) is 6.42 Å². The third kappa shape index (κ3) is 4.75. The molecular formula is C12H22N2O2. The lowest BCUT2D eigenvalue weighted by molar-refractivity contribution is -0.128. The molecule has 0 radical (unpaired) electrons. The van der Waals surface area contributed by atoms with E-state index in [2.05, 4.69) is 4.90 Å². The molecule has 1 rings (SSSR count). The van der Waals surface area contributed by atoms with Gasteiger partial charge in [0.25, 0.3) is 0 Å².